The van der Waals surface area contributed by atoms with Gasteiger partial charge in [0.1, 0.15) is 16.3 Å². The highest BCUT2D eigenvalue weighted by Crippen LogP contribution is 2.28. The van der Waals surface area contributed by atoms with Crippen LogP contribution in [0.5, 0.6) is 0 Å². The zero-order valence-corrected chi connectivity index (χ0v) is 10.1. The van der Waals surface area contributed by atoms with Gasteiger partial charge in [-0.3, -0.25) is 4.57 Å². The van der Waals surface area contributed by atoms with Crippen LogP contribution in [0.4, 0.5) is 0 Å². The van der Waals surface area contributed by atoms with E-state index in [9.17, 15) is 0 Å². The van der Waals surface area contributed by atoms with Crippen LogP contribution in [0.1, 0.15) is 5.82 Å². The number of thiophene rings is 1. The van der Waals surface area contributed by atoms with Crippen molar-refractivity contribution in [2.24, 2.45) is 0 Å². The number of nitrogens with zero attached hydrogens (tertiary/aromatic N) is 3. The van der Waals surface area contributed by atoms with Gasteiger partial charge in [-0.05, 0) is 31.2 Å². The predicted molar refractivity (Wildman–Crippen MR) is 66.5 cm³/mol. The lowest BCUT2D eigenvalue weighted by Crippen LogP contribution is -1.94. The Morgan fingerprint density at radius 2 is 2.19 bits per heavy atom. The molecule has 0 radical (unpaired) electrons. The van der Waals surface area contributed by atoms with E-state index < -0.39 is 0 Å². The molecule has 0 aliphatic heterocycles. The molecule has 0 unspecified atom stereocenters. The molecule has 0 aromatic carbocycles. The summed E-state index contributed by atoms with van der Waals surface area (Å²) >= 11 is 7.47. The molecule has 0 saturated carbocycles. The molecule has 3 aromatic rings. The minimum atomic E-state index is 0.771. The van der Waals surface area contributed by atoms with Crippen LogP contribution < -0.4 is 0 Å². The third-order valence-electron chi connectivity index (χ3n) is 2.36. The van der Waals surface area contributed by atoms with Crippen molar-refractivity contribution >= 4 is 34.1 Å². The van der Waals surface area contributed by atoms with Gasteiger partial charge in [-0.25, -0.2) is 9.97 Å². The number of hydrogen-bond acceptors (Lipinski definition) is 3. The van der Waals surface area contributed by atoms with Gasteiger partial charge in [0.25, 0.3) is 0 Å². The quantitative estimate of drug-likeness (QED) is 0.661. The molecule has 0 saturated heterocycles. The molecule has 0 spiro atoms. The van der Waals surface area contributed by atoms with Gasteiger partial charge in [-0.2, -0.15) is 0 Å². The van der Waals surface area contributed by atoms with Crippen molar-refractivity contribution in [1.82, 2.24) is 14.5 Å². The van der Waals surface area contributed by atoms with Crippen molar-refractivity contribution < 1.29 is 0 Å². The van der Waals surface area contributed by atoms with Gasteiger partial charge in [0, 0.05) is 6.20 Å². The second-order valence-corrected chi connectivity index (χ2v) is 5.11. The van der Waals surface area contributed by atoms with E-state index in [1.54, 1.807) is 6.20 Å². The molecule has 80 valence electrons. The molecule has 16 heavy (non-hydrogen) atoms. The van der Waals surface area contributed by atoms with Crippen LogP contribution in [0.2, 0.25) is 4.34 Å². The van der Waals surface area contributed by atoms with Crippen molar-refractivity contribution in [2.75, 3.05) is 0 Å². The smallest absolute Gasteiger partial charge is 0.165 e. The predicted octanol–water partition coefficient (Wildman–Crippen LogP) is 3.44. The Kier molecular flexibility index (Phi) is 2.19. The fourth-order valence-electron chi connectivity index (χ4n) is 1.71. The minimum absolute atomic E-state index is 0.771. The van der Waals surface area contributed by atoms with Gasteiger partial charge >= 0.3 is 0 Å². The highest BCUT2D eigenvalue weighted by Gasteiger charge is 2.11. The van der Waals surface area contributed by atoms with E-state index in [4.69, 9.17) is 11.6 Å². The summed E-state index contributed by atoms with van der Waals surface area (Å²) in [5.41, 5.74) is 1.78. The summed E-state index contributed by atoms with van der Waals surface area (Å²) in [6.45, 7) is 1.97. The van der Waals surface area contributed by atoms with E-state index in [2.05, 4.69) is 9.97 Å². The number of aromatic nitrogens is 3. The van der Waals surface area contributed by atoms with Crippen LogP contribution in [0.3, 0.4) is 0 Å². The zero-order valence-electron chi connectivity index (χ0n) is 8.51. The lowest BCUT2D eigenvalue weighted by atomic mass is 10.4. The van der Waals surface area contributed by atoms with Gasteiger partial charge in [0.05, 0.1) is 4.34 Å². The minimum Gasteiger partial charge on any atom is -0.272 e. The Hall–Kier alpha value is -1.39. The third-order valence-corrected chi connectivity index (χ3v) is 3.58. The molecule has 3 heterocycles. The van der Waals surface area contributed by atoms with E-state index in [1.807, 2.05) is 35.8 Å². The first-order valence-corrected chi connectivity index (χ1v) is 6.01. The Bertz CT molecular complexity index is 656. The summed E-state index contributed by atoms with van der Waals surface area (Å²) < 4.78 is 2.79. The average Bonchev–Trinajstić information content (AvgIpc) is 2.80. The molecule has 3 aromatic heterocycles. The summed E-state index contributed by atoms with van der Waals surface area (Å²) in [5, 5.41) is 1.05. The Labute approximate surface area is 101 Å². The fraction of sp³-hybridized carbons (Fsp3) is 0.0909. The van der Waals surface area contributed by atoms with Crippen LogP contribution in [0, 0.1) is 6.92 Å². The first-order valence-electron chi connectivity index (χ1n) is 4.81. The highest BCUT2D eigenvalue weighted by molar-refractivity contribution is 7.18. The van der Waals surface area contributed by atoms with Crippen molar-refractivity contribution in [3.63, 3.8) is 0 Å². The van der Waals surface area contributed by atoms with E-state index in [0.717, 1.165) is 26.3 Å². The normalized spacial score (nSPS) is 11.1. The lowest BCUT2D eigenvalue weighted by molar-refractivity contribution is 1.01. The molecule has 3 nitrogen and oxygen atoms in total. The zero-order chi connectivity index (χ0) is 11.1. The average molecular weight is 250 g/mol. The maximum Gasteiger partial charge on any atom is 0.165 e. The van der Waals surface area contributed by atoms with Crippen molar-refractivity contribution in [1.29, 1.82) is 0 Å². The Morgan fingerprint density at radius 1 is 1.31 bits per heavy atom. The summed E-state index contributed by atoms with van der Waals surface area (Å²) in [4.78, 5) is 8.81. The number of aryl methyl sites for hydroxylation is 1. The Morgan fingerprint density at radius 3 is 2.94 bits per heavy atom. The molecule has 0 fully saturated rings. The summed E-state index contributed by atoms with van der Waals surface area (Å²) in [6, 6.07) is 7.72. The number of hydrogen-bond donors (Lipinski definition) is 0. The van der Waals surface area contributed by atoms with E-state index in [1.165, 1.54) is 11.3 Å². The third kappa shape index (κ3) is 1.42. The highest BCUT2D eigenvalue weighted by atomic mass is 35.5. The molecule has 3 rings (SSSR count). The van der Waals surface area contributed by atoms with Gasteiger partial charge < -0.3 is 0 Å². The SMILES string of the molecule is Cc1nc2cccnc2n1-c1ccc(Cl)s1. The largest absolute Gasteiger partial charge is 0.272 e. The summed E-state index contributed by atoms with van der Waals surface area (Å²) in [5.74, 6) is 0.923. The molecule has 5 heteroatoms. The van der Waals surface area contributed by atoms with Crippen LogP contribution in [0.25, 0.3) is 16.2 Å². The monoisotopic (exact) mass is 249 g/mol. The van der Waals surface area contributed by atoms with Crippen LogP contribution in [-0.4, -0.2) is 14.5 Å². The maximum absolute atomic E-state index is 5.95. The van der Waals surface area contributed by atoms with Gasteiger partial charge in [0.2, 0.25) is 0 Å². The molecular weight excluding hydrogens is 242 g/mol. The molecule has 0 atom stereocenters. The van der Waals surface area contributed by atoms with Crippen molar-refractivity contribution in [2.45, 2.75) is 6.92 Å². The maximum atomic E-state index is 5.95. The topological polar surface area (TPSA) is 30.7 Å². The number of imidazole rings is 1. The molecule has 0 bridgehead atoms. The molecule has 0 amide bonds. The van der Waals surface area contributed by atoms with E-state index in [0.29, 0.717) is 0 Å². The standard InChI is InChI=1S/C11H8ClN3S/c1-7-14-8-3-2-6-13-11(8)15(7)10-5-4-9(12)16-10/h2-6H,1H3. The second-order valence-electron chi connectivity index (χ2n) is 3.42. The molecule has 0 N–H and O–H groups in total. The van der Waals surface area contributed by atoms with Gasteiger partial charge in [0.15, 0.2) is 5.65 Å². The number of fused-ring (bicyclic) bond motifs is 1. The fourth-order valence-corrected chi connectivity index (χ4v) is 2.80. The first kappa shape index (κ1) is 9.81. The Balaban J connectivity index is 2.34. The number of halogens is 1. The number of rotatable bonds is 1. The molecule has 0 aliphatic rings. The van der Waals surface area contributed by atoms with Crippen molar-refractivity contribution in [3.05, 3.63) is 40.6 Å². The van der Waals surface area contributed by atoms with Crippen LogP contribution in [0.15, 0.2) is 30.5 Å². The number of pyridine rings is 1. The lowest BCUT2D eigenvalue weighted by Gasteiger charge is -2.01. The van der Waals surface area contributed by atoms with Gasteiger partial charge in [-0.15, -0.1) is 11.3 Å². The van der Waals surface area contributed by atoms with E-state index >= 15 is 0 Å². The summed E-state index contributed by atoms with van der Waals surface area (Å²) in [7, 11) is 0. The van der Waals surface area contributed by atoms with Crippen LogP contribution in [-0.2, 0) is 0 Å². The second kappa shape index (κ2) is 3.57. The molecular formula is C11H8ClN3S. The first-order chi connectivity index (χ1) is 7.75. The van der Waals surface area contributed by atoms with Crippen molar-refractivity contribution in [3.8, 4) is 5.00 Å². The summed E-state index contributed by atoms with van der Waals surface area (Å²) in [6.07, 6.45) is 1.77. The van der Waals surface area contributed by atoms with E-state index in [-0.39, 0.29) is 0 Å². The van der Waals surface area contributed by atoms with Crippen LogP contribution >= 0.6 is 22.9 Å². The van der Waals surface area contributed by atoms with Gasteiger partial charge in [-0.1, -0.05) is 11.6 Å². The molecule has 0 aliphatic carbocycles.